The predicted octanol–water partition coefficient (Wildman–Crippen LogP) is 2.64. The second kappa shape index (κ2) is 6.49. The molecule has 7 heteroatoms. The second-order valence-corrected chi connectivity index (χ2v) is 5.82. The van der Waals surface area contributed by atoms with E-state index in [1.807, 2.05) is 0 Å². The van der Waals surface area contributed by atoms with Gasteiger partial charge in [-0.2, -0.15) is 13.2 Å². The number of carbonyl (C=O) groups is 1. The summed E-state index contributed by atoms with van der Waals surface area (Å²) >= 11 is 0. The second-order valence-electron chi connectivity index (χ2n) is 5.82. The Morgan fingerprint density at radius 3 is 2.52 bits per heavy atom. The van der Waals surface area contributed by atoms with Crippen LogP contribution in [0, 0.1) is 5.92 Å². The minimum atomic E-state index is -4.35. The molecule has 2 heterocycles. The molecule has 3 rings (SSSR count). The van der Waals surface area contributed by atoms with Crippen molar-refractivity contribution >= 4 is 5.91 Å². The zero-order valence-electron chi connectivity index (χ0n) is 12.5. The van der Waals surface area contributed by atoms with Gasteiger partial charge in [0.2, 0.25) is 5.91 Å². The van der Waals surface area contributed by atoms with Gasteiger partial charge in [0.1, 0.15) is 6.10 Å². The number of hydrogen-bond donors (Lipinski definition) is 0. The van der Waals surface area contributed by atoms with Crippen LogP contribution in [0.15, 0.2) is 24.3 Å². The van der Waals surface area contributed by atoms with Gasteiger partial charge in [-0.25, -0.2) is 0 Å². The van der Waals surface area contributed by atoms with Crippen LogP contribution in [0.5, 0.6) is 0 Å². The first-order chi connectivity index (χ1) is 10.9. The summed E-state index contributed by atoms with van der Waals surface area (Å²) in [5.41, 5.74) is -0.0359. The molecule has 0 unspecified atom stereocenters. The predicted molar refractivity (Wildman–Crippen MR) is 75.6 cm³/mol. The van der Waals surface area contributed by atoms with E-state index < -0.39 is 17.8 Å². The van der Waals surface area contributed by atoms with Crippen molar-refractivity contribution in [3.05, 3.63) is 35.4 Å². The molecular formula is C16H18F3NO3. The van der Waals surface area contributed by atoms with Gasteiger partial charge in [0, 0.05) is 13.2 Å². The third kappa shape index (κ3) is 3.67. The van der Waals surface area contributed by atoms with E-state index in [4.69, 9.17) is 9.47 Å². The van der Waals surface area contributed by atoms with E-state index in [0.717, 1.165) is 18.6 Å². The number of hydrogen-bond acceptors (Lipinski definition) is 3. The molecule has 1 aromatic carbocycles. The Morgan fingerprint density at radius 1 is 1.17 bits per heavy atom. The smallest absolute Gasteiger partial charge is 0.381 e. The summed E-state index contributed by atoms with van der Waals surface area (Å²) in [6.45, 7) is 2.29. The van der Waals surface area contributed by atoms with E-state index in [1.54, 1.807) is 4.90 Å². The molecular weight excluding hydrogens is 311 g/mol. The van der Waals surface area contributed by atoms with Crippen LogP contribution in [0.1, 0.15) is 23.7 Å². The third-order valence-corrected chi connectivity index (χ3v) is 4.27. The normalized spacial score (nSPS) is 25.6. The molecule has 0 radical (unpaired) electrons. The molecule has 2 atom stereocenters. The van der Waals surface area contributed by atoms with Crippen molar-refractivity contribution in [3.8, 4) is 0 Å². The first-order valence-corrected chi connectivity index (χ1v) is 7.60. The van der Waals surface area contributed by atoms with Crippen LogP contribution in [0.4, 0.5) is 13.2 Å². The molecule has 23 heavy (non-hydrogen) atoms. The van der Waals surface area contributed by atoms with E-state index in [-0.39, 0.29) is 11.8 Å². The molecule has 1 amide bonds. The Labute approximate surface area is 132 Å². The Balaban J connectivity index is 1.67. The van der Waals surface area contributed by atoms with Gasteiger partial charge >= 0.3 is 6.18 Å². The molecule has 2 fully saturated rings. The summed E-state index contributed by atoms with van der Waals surface area (Å²) in [5.74, 6) is -0.0657. The van der Waals surface area contributed by atoms with Crippen molar-refractivity contribution in [1.29, 1.82) is 0 Å². The van der Waals surface area contributed by atoms with Crippen molar-refractivity contribution < 1.29 is 27.4 Å². The SMILES string of the molecule is O=C([C@@H]1CCOC1)N1CCO[C@H](c2ccc(C(F)(F)F)cc2)C1. The summed E-state index contributed by atoms with van der Waals surface area (Å²) in [4.78, 5) is 14.1. The topological polar surface area (TPSA) is 38.8 Å². The van der Waals surface area contributed by atoms with E-state index in [2.05, 4.69) is 0 Å². The fourth-order valence-corrected chi connectivity index (χ4v) is 2.93. The molecule has 0 saturated carbocycles. The lowest BCUT2D eigenvalue weighted by Crippen LogP contribution is -2.45. The summed E-state index contributed by atoms with van der Waals surface area (Å²) in [6, 6.07) is 4.93. The number of nitrogens with zero attached hydrogens (tertiary/aromatic N) is 1. The number of benzene rings is 1. The highest BCUT2D eigenvalue weighted by Gasteiger charge is 2.33. The molecule has 0 bridgehead atoms. The van der Waals surface area contributed by atoms with E-state index in [9.17, 15) is 18.0 Å². The highest BCUT2D eigenvalue weighted by atomic mass is 19.4. The van der Waals surface area contributed by atoms with Gasteiger partial charge in [0.15, 0.2) is 0 Å². The highest BCUT2D eigenvalue weighted by molar-refractivity contribution is 5.79. The molecule has 0 spiro atoms. The van der Waals surface area contributed by atoms with Crippen LogP contribution in [0.3, 0.4) is 0 Å². The number of carbonyl (C=O) groups excluding carboxylic acids is 1. The number of alkyl halides is 3. The summed E-state index contributed by atoms with van der Waals surface area (Å²) in [5, 5.41) is 0. The quantitative estimate of drug-likeness (QED) is 0.837. The van der Waals surface area contributed by atoms with E-state index in [1.165, 1.54) is 12.1 Å². The largest absolute Gasteiger partial charge is 0.416 e. The molecule has 2 aliphatic heterocycles. The molecule has 0 aromatic heterocycles. The number of halogens is 3. The fourth-order valence-electron chi connectivity index (χ4n) is 2.93. The average Bonchev–Trinajstić information content (AvgIpc) is 3.08. The summed E-state index contributed by atoms with van der Waals surface area (Å²) < 4.78 is 48.7. The molecule has 2 aliphatic rings. The van der Waals surface area contributed by atoms with Crippen LogP contribution in [-0.2, 0) is 20.4 Å². The lowest BCUT2D eigenvalue weighted by atomic mass is 10.0. The van der Waals surface area contributed by atoms with Crippen molar-refractivity contribution in [2.45, 2.75) is 18.7 Å². The van der Waals surface area contributed by atoms with Gasteiger partial charge in [-0.05, 0) is 24.1 Å². The van der Waals surface area contributed by atoms with Crippen molar-refractivity contribution in [2.24, 2.45) is 5.92 Å². The average molecular weight is 329 g/mol. The molecule has 0 aliphatic carbocycles. The third-order valence-electron chi connectivity index (χ3n) is 4.27. The number of rotatable bonds is 2. The number of morpholine rings is 1. The van der Waals surface area contributed by atoms with Crippen LogP contribution >= 0.6 is 0 Å². The van der Waals surface area contributed by atoms with Gasteiger partial charge in [0.25, 0.3) is 0 Å². The Bertz CT molecular complexity index is 553. The van der Waals surface area contributed by atoms with E-state index in [0.29, 0.717) is 38.5 Å². The fraction of sp³-hybridized carbons (Fsp3) is 0.562. The number of ether oxygens (including phenoxy) is 2. The maximum Gasteiger partial charge on any atom is 0.416 e. The maximum absolute atomic E-state index is 12.6. The molecule has 2 saturated heterocycles. The van der Waals surface area contributed by atoms with Crippen LogP contribution < -0.4 is 0 Å². The van der Waals surface area contributed by atoms with Crippen LogP contribution in [-0.4, -0.2) is 43.7 Å². The molecule has 4 nitrogen and oxygen atoms in total. The first kappa shape index (κ1) is 16.3. The number of amides is 1. The summed E-state index contributed by atoms with van der Waals surface area (Å²) in [7, 11) is 0. The van der Waals surface area contributed by atoms with Gasteiger partial charge in [-0.3, -0.25) is 4.79 Å². The lowest BCUT2D eigenvalue weighted by Gasteiger charge is -2.34. The van der Waals surface area contributed by atoms with Crippen LogP contribution in [0.25, 0.3) is 0 Å². The first-order valence-electron chi connectivity index (χ1n) is 7.60. The molecule has 126 valence electrons. The van der Waals surface area contributed by atoms with Gasteiger partial charge < -0.3 is 14.4 Å². The van der Waals surface area contributed by atoms with Crippen molar-refractivity contribution in [3.63, 3.8) is 0 Å². The van der Waals surface area contributed by atoms with Crippen LogP contribution in [0.2, 0.25) is 0 Å². The zero-order chi connectivity index (χ0) is 16.4. The zero-order valence-corrected chi connectivity index (χ0v) is 12.5. The maximum atomic E-state index is 12.6. The minimum Gasteiger partial charge on any atom is -0.381 e. The van der Waals surface area contributed by atoms with Gasteiger partial charge in [-0.1, -0.05) is 12.1 Å². The van der Waals surface area contributed by atoms with Gasteiger partial charge in [0.05, 0.1) is 31.2 Å². The Kier molecular flexibility index (Phi) is 4.59. The monoisotopic (exact) mass is 329 g/mol. The standard InChI is InChI=1S/C16H18F3NO3/c17-16(18,19)13-3-1-11(2-4-13)14-9-20(6-8-23-14)15(21)12-5-7-22-10-12/h1-4,12,14H,5-10H2/t12-,14+/m1/s1. The van der Waals surface area contributed by atoms with Crippen molar-refractivity contribution in [1.82, 2.24) is 4.90 Å². The Morgan fingerprint density at radius 2 is 1.91 bits per heavy atom. The highest BCUT2D eigenvalue weighted by Crippen LogP contribution is 2.31. The lowest BCUT2D eigenvalue weighted by molar-refractivity contribution is -0.143. The summed E-state index contributed by atoms with van der Waals surface area (Å²) in [6.07, 6.45) is -4.02. The van der Waals surface area contributed by atoms with E-state index >= 15 is 0 Å². The molecule has 1 aromatic rings. The van der Waals surface area contributed by atoms with Gasteiger partial charge in [-0.15, -0.1) is 0 Å². The van der Waals surface area contributed by atoms with Crippen molar-refractivity contribution in [2.75, 3.05) is 32.9 Å². The Hall–Kier alpha value is -1.60. The minimum absolute atomic E-state index is 0.0442. The molecule has 0 N–H and O–H groups in total.